The molecule has 1 aromatic carbocycles. The highest BCUT2D eigenvalue weighted by Crippen LogP contribution is 2.26. The summed E-state index contributed by atoms with van der Waals surface area (Å²) in [5, 5.41) is 12.8. The zero-order valence-corrected chi connectivity index (χ0v) is 16.4. The topological polar surface area (TPSA) is 88.5 Å². The number of carboxylic acid groups (broad SMARTS) is 1. The van der Waals surface area contributed by atoms with Crippen LogP contribution < -0.4 is 10.1 Å². The summed E-state index contributed by atoms with van der Waals surface area (Å²) < 4.78 is 18.5. The third-order valence-electron chi connectivity index (χ3n) is 4.62. The molecule has 1 aromatic heterocycles. The Morgan fingerprint density at radius 2 is 1.89 bits per heavy atom. The molecule has 27 heavy (non-hydrogen) atoms. The first-order valence-corrected chi connectivity index (χ1v) is 9.49. The van der Waals surface area contributed by atoms with Crippen molar-refractivity contribution in [3.63, 3.8) is 0 Å². The maximum Gasteiger partial charge on any atom is 0.311 e. The van der Waals surface area contributed by atoms with Crippen LogP contribution in [0.15, 0.2) is 24.3 Å². The number of nitrogens with zero attached hydrogens (tertiary/aromatic N) is 1. The smallest absolute Gasteiger partial charge is 0.311 e. The van der Waals surface area contributed by atoms with Gasteiger partial charge in [-0.2, -0.15) is 0 Å². The van der Waals surface area contributed by atoms with E-state index in [-0.39, 0.29) is 24.9 Å². The summed E-state index contributed by atoms with van der Waals surface area (Å²) in [6, 6.07) is 5.64. The SMILES string of the molecule is CCC(CC)(CNC(=O)c1sc(COc2ccc(F)cc2)nc1C)C(=O)O. The highest BCUT2D eigenvalue weighted by Gasteiger charge is 2.35. The van der Waals surface area contributed by atoms with E-state index in [4.69, 9.17) is 4.74 Å². The van der Waals surface area contributed by atoms with E-state index in [2.05, 4.69) is 10.3 Å². The molecule has 0 atom stereocenters. The maximum atomic E-state index is 12.9. The number of aromatic nitrogens is 1. The number of carbonyl (C=O) groups excluding carboxylic acids is 1. The minimum absolute atomic E-state index is 0.0624. The number of ether oxygens (including phenoxy) is 1. The lowest BCUT2D eigenvalue weighted by molar-refractivity contribution is -0.149. The van der Waals surface area contributed by atoms with Crippen LogP contribution in [-0.4, -0.2) is 28.5 Å². The van der Waals surface area contributed by atoms with E-state index in [1.165, 1.54) is 35.6 Å². The van der Waals surface area contributed by atoms with E-state index in [0.717, 1.165) is 0 Å². The molecule has 0 radical (unpaired) electrons. The van der Waals surface area contributed by atoms with Crippen molar-refractivity contribution in [1.82, 2.24) is 10.3 Å². The maximum absolute atomic E-state index is 12.9. The number of carboxylic acids is 1. The van der Waals surface area contributed by atoms with Gasteiger partial charge in [0.1, 0.15) is 28.1 Å². The lowest BCUT2D eigenvalue weighted by Gasteiger charge is -2.26. The molecule has 0 aliphatic rings. The van der Waals surface area contributed by atoms with Crippen molar-refractivity contribution in [3.8, 4) is 5.75 Å². The van der Waals surface area contributed by atoms with Gasteiger partial charge in [0.05, 0.1) is 11.1 Å². The van der Waals surface area contributed by atoms with Crippen molar-refractivity contribution in [2.45, 2.75) is 40.2 Å². The Kier molecular flexibility index (Phi) is 6.90. The van der Waals surface area contributed by atoms with Crippen molar-refractivity contribution in [2.24, 2.45) is 5.41 Å². The van der Waals surface area contributed by atoms with Gasteiger partial charge in [0.15, 0.2) is 0 Å². The molecule has 1 amide bonds. The van der Waals surface area contributed by atoms with Crippen LogP contribution in [0.1, 0.15) is 47.1 Å². The number of amides is 1. The highest BCUT2D eigenvalue weighted by atomic mass is 32.1. The summed E-state index contributed by atoms with van der Waals surface area (Å²) in [7, 11) is 0. The minimum Gasteiger partial charge on any atom is -0.486 e. The Morgan fingerprint density at radius 3 is 2.44 bits per heavy atom. The van der Waals surface area contributed by atoms with Crippen molar-refractivity contribution < 1.29 is 23.8 Å². The van der Waals surface area contributed by atoms with Gasteiger partial charge < -0.3 is 15.2 Å². The summed E-state index contributed by atoms with van der Waals surface area (Å²) in [4.78, 5) is 28.8. The summed E-state index contributed by atoms with van der Waals surface area (Å²) in [6.07, 6.45) is 0.856. The molecule has 0 unspecified atom stereocenters. The number of rotatable bonds is 9. The van der Waals surface area contributed by atoms with Gasteiger partial charge >= 0.3 is 5.97 Å². The van der Waals surface area contributed by atoms with Crippen molar-refractivity contribution in [1.29, 1.82) is 0 Å². The zero-order valence-electron chi connectivity index (χ0n) is 15.5. The Hall–Kier alpha value is -2.48. The normalized spacial score (nSPS) is 11.3. The molecule has 0 spiro atoms. The molecule has 0 aliphatic carbocycles. The number of hydrogen-bond acceptors (Lipinski definition) is 5. The third kappa shape index (κ3) is 5.03. The number of aryl methyl sites for hydroxylation is 1. The van der Waals surface area contributed by atoms with Crippen molar-refractivity contribution >= 4 is 23.2 Å². The molecule has 0 saturated carbocycles. The fourth-order valence-electron chi connectivity index (χ4n) is 2.61. The number of aliphatic carboxylic acids is 1. The summed E-state index contributed by atoms with van der Waals surface area (Å²) >= 11 is 1.19. The van der Waals surface area contributed by atoms with E-state index in [0.29, 0.717) is 34.2 Å². The van der Waals surface area contributed by atoms with Crippen LogP contribution in [-0.2, 0) is 11.4 Å². The first-order valence-electron chi connectivity index (χ1n) is 8.67. The molecule has 2 aromatic rings. The fourth-order valence-corrected chi connectivity index (χ4v) is 3.50. The van der Waals surface area contributed by atoms with Crippen LogP contribution in [0.5, 0.6) is 5.75 Å². The Bertz CT molecular complexity index is 801. The standard InChI is InChI=1S/C19H23FN2O4S/c1-4-19(5-2,18(24)25)11-21-17(23)16-12(3)22-15(27-16)10-26-14-8-6-13(20)7-9-14/h6-9H,4-5,10-11H2,1-3H3,(H,21,23)(H,24,25). The average molecular weight is 394 g/mol. The number of nitrogens with one attached hydrogen (secondary N) is 1. The van der Waals surface area contributed by atoms with Crippen LogP contribution in [0.25, 0.3) is 0 Å². The number of halogens is 1. The molecule has 0 saturated heterocycles. The van der Waals surface area contributed by atoms with E-state index >= 15 is 0 Å². The zero-order chi connectivity index (χ0) is 20.0. The second kappa shape index (κ2) is 8.94. The molecular formula is C19H23FN2O4S. The summed E-state index contributed by atoms with van der Waals surface area (Å²) in [5.74, 6) is -1.09. The van der Waals surface area contributed by atoms with Gasteiger partial charge in [0.2, 0.25) is 0 Å². The van der Waals surface area contributed by atoms with E-state index in [1.54, 1.807) is 20.8 Å². The molecule has 8 heteroatoms. The molecule has 2 N–H and O–H groups in total. The molecule has 1 heterocycles. The molecule has 146 valence electrons. The third-order valence-corrected chi connectivity index (χ3v) is 5.75. The quantitative estimate of drug-likeness (QED) is 0.675. The number of benzene rings is 1. The van der Waals surface area contributed by atoms with Gasteiger partial charge in [-0.05, 0) is 44.0 Å². The Morgan fingerprint density at radius 1 is 1.26 bits per heavy atom. The van der Waals surface area contributed by atoms with Crippen molar-refractivity contribution in [3.05, 3.63) is 45.7 Å². The van der Waals surface area contributed by atoms with Crippen molar-refractivity contribution in [2.75, 3.05) is 6.54 Å². The molecule has 6 nitrogen and oxygen atoms in total. The molecule has 0 bridgehead atoms. The molecular weight excluding hydrogens is 371 g/mol. The molecule has 2 rings (SSSR count). The van der Waals surface area contributed by atoms with Crippen LogP contribution >= 0.6 is 11.3 Å². The molecule has 0 aliphatic heterocycles. The minimum atomic E-state index is -0.969. The van der Waals surface area contributed by atoms with Crippen LogP contribution in [0.4, 0.5) is 4.39 Å². The Labute approximate surface area is 161 Å². The van der Waals surface area contributed by atoms with E-state index < -0.39 is 11.4 Å². The first-order chi connectivity index (χ1) is 12.8. The second-order valence-electron chi connectivity index (χ2n) is 6.24. The van der Waals surface area contributed by atoms with E-state index in [9.17, 15) is 19.1 Å². The largest absolute Gasteiger partial charge is 0.486 e. The first kappa shape index (κ1) is 20.8. The second-order valence-corrected chi connectivity index (χ2v) is 7.32. The van der Waals surface area contributed by atoms with Gasteiger partial charge in [-0.15, -0.1) is 11.3 Å². The number of hydrogen-bond donors (Lipinski definition) is 2. The number of thiazole rings is 1. The number of carbonyl (C=O) groups is 2. The van der Waals surface area contributed by atoms with Gasteiger partial charge in [-0.1, -0.05) is 13.8 Å². The molecule has 0 fully saturated rings. The monoisotopic (exact) mass is 394 g/mol. The van der Waals surface area contributed by atoms with Gasteiger partial charge in [0.25, 0.3) is 5.91 Å². The average Bonchev–Trinajstić information content (AvgIpc) is 3.03. The van der Waals surface area contributed by atoms with Gasteiger partial charge in [-0.3, -0.25) is 9.59 Å². The lowest BCUT2D eigenvalue weighted by atomic mass is 9.82. The predicted octanol–water partition coefficient (Wildman–Crippen LogP) is 3.79. The van der Waals surface area contributed by atoms with Gasteiger partial charge in [-0.25, -0.2) is 9.37 Å². The Balaban J connectivity index is 2.01. The van der Waals surface area contributed by atoms with Crippen LogP contribution in [0.2, 0.25) is 0 Å². The fraction of sp³-hybridized carbons (Fsp3) is 0.421. The van der Waals surface area contributed by atoms with Crippen LogP contribution in [0, 0.1) is 18.2 Å². The highest BCUT2D eigenvalue weighted by molar-refractivity contribution is 7.13. The predicted molar refractivity (Wildman–Crippen MR) is 101 cm³/mol. The summed E-state index contributed by atoms with van der Waals surface area (Å²) in [5.41, 5.74) is -0.410. The van der Waals surface area contributed by atoms with Crippen LogP contribution in [0.3, 0.4) is 0 Å². The summed E-state index contributed by atoms with van der Waals surface area (Å²) in [6.45, 7) is 5.54. The lowest BCUT2D eigenvalue weighted by Crippen LogP contribution is -2.42. The van der Waals surface area contributed by atoms with E-state index in [1.807, 2.05) is 0 Å². The van der Waals surface area contributed by atoms with Gasteiger partial charge in [0, 0.05) is 6.54 Å².